The van der Waals surface area contributed by atoms with Gasteiger partial charge in [0.2, 0.25) is 5.82 Å². The van der Waals surface area contributed by atoms with Gasteiger partial charge in [0.25, 0.3) is 5.89 Å². The maximum Gasteiger partial charge on any atom is 0.259 e. The molecule has 4 rings (SSSR count). The smallest absolute Gasteiger partial charge is 0.259 e. The minimum atomic E-state index is 0.352. The van der Waals surface area contributed by atoms with Gasteiger partial charge in [0.1, 0.15) is 5.15 Å². The highest BCUT2D eigenvalue weighted by molar-refractivity contribution is 6.30. The predicted molar refractivity (Wildman–Crippen MR) is 98.6 cm³/mol. The zero-order valence-electron chi connectivity index (χ0n) is 14.1. The predicted octanol–water partition coefficient (Wildman–Crippen LogP) is 4.62. The molecule has 0 aliphatic heterocycles. The van der Waals surface area contributed by atoms with Crippen molar-refractivity contribution in [3.8, 4) is 34.3 Å². The zero-order valence-corrected chi connectivity index (χ0v) is 14.8. The Balaban J connectivity index is 1.86. The van der Waals surface area contributed by atoms with E-state index in [2.05, 4.69) is 15.1 Å². The van der Waals surface area contributed by atoms with E-state index in [0.29, 0.717) is 33.9 Å². The summed E-state index contributed by atoms with van der Waals surface area (Å²) in [5, 5.41) is 5.34. The van der Waals surface area contributed by atoms with E-state index in [0.717, 1.165) is 16.5 Å². The Morgan fingerprint density at radius 3 is 2.58 bits per heavy atom. The fraction of sp³-hybridized carbons (Fsp3) is 0.105. The van der Waals surface area contributed by atoms with Gasteiger partial charge in [-0.05, 0) is 24.3 Å². The first-order chi connectivity index (χ1) is 12.7. The average molecular weight is 368 g/mol. The molecule has 0 spiro atoms. The summed E-state index contributed by atoms with van der Waals surface area (Å²) in [5.74, 6) is 1.88. The van der Waals surface area contributed by atoms with Gasteiger partial charge in [-0.3, -0.25) is 0 Å². The molecule has 6 nitrogen and oxygen atoms in total. The van der Waals surface area contributed by atoms with Gasteiger partial charge in [-0.1, -0.05) is 41.0 Å². The molecule has 0 N–H and O–H groups in total. The van der Waals surface area contributed by atoms with Gasteiger partial charge in [0.05, 0.1) is 30.9 Å². The van der Waals surface area contributed by atoms with Gasteiger partial charge in [0.15, 0.2) is 11.5 Å². The molecule has 0 radical (unpaired) electrons. The van der Waals surface area contributed by atoms with Crippen LogP contribution < -0.4 is 9.47 Å². The van der Waals surface area contributed by atoms with Gasteiger partial charge >= 0.3 is 0 Å². The lowest BCUT2D eigenvalue weighted by atomic mass is 10.1. The Kier molecular flexibility index (Phi) is 4.18. The molecule has 0 amide bonds. The number of halogens is 1. The van der Waals surface area contributed by atoms with Crippen LogP contribution in [0.5, 0.6) is 11.5 Å². The maximum atomic E-state index is 6.15. The topological polar surface area (TPSA) is 70.3 Å². The summed E-state index contributed by atoms with van der Waals surface area (Å²) in [6.07, 6.45) is 0. The molecule has 2 aromatic heterocycles. The molecule has 4 aromatic rings. The summed E-state index contributed by atoms with van der Waals surface area (Å²) in [6.45, 7) is 0. The van der Waals surface area contributed by atoms with Gasteiger partial charge in [-0.15, -0.1) is 0 Å². The number of methoxy groups -OCH3 is 2. The summed E-state index contributed by atoms with van der Waals surface area (Å²) < 4.78 is 16.3. The van der Waals surface area contributed by atoms with Crippen molar-refractivity contribution in [1.29, 1.82) is 0 Å². The highest BCUT2D eigenvalue weighted by Crippen LogP contribution is 2.37. The SMILES string of the molecule is COc1cccc(-c2noc(-c3cc(Cl)nc4ccccc34)n2)c1OC. The highest BCUT2D eigenvalue weighted by Gasteiger charge is 2.19. The minimum Gasteiger partial charge on any atom is -0.493 e. The number of nitrogens with zero attached hydrogens (tertiary/aromatic N) is 3. The van der Waals surface area contributed by atoms with E-state index < -0.39 is 0 Å². The van der Waals surface area contributed by atoms with Crippen LogP contribution in [0.3, 0.4) is 0 Å². The summed E-state index contributed by atoms with van der Waals surface area (Å²) >= 11 is 6.15. The van der Waals surface area contributed by atoms with Crippen LogP contribution in [0.1, 0.15) is 0 Å². The van der Waals surface area contributed by atoms with Gasteiger partial charge in [-0.2, -0.15) is 4.98 Å². The Morgan fingerprint density at radius 1 is 0.923 bits per heavy atom. The number of hydrogen-bond donors (Lipinski definition) is 0. The summed E-state index contributed by atoms with van der Waals surface area (Å²) in [5.41, 5.74) is 2.15. The summed E-state index contributed by atoms with van der Waals surface area (Å²) in [4.78, 5) is 8.84. The Morgan fingerprint density at radius 2 is 1.77 bits per heavy atom. The van der Waals surface area contributed by atoms with Crippen molar-refractivity contribution < 1.29 is 14.0 Å². The molecule has 0 fully saturated rings. The number of rotatable bonds is 4. The molecule has 2 aromatic carbocycles. The molecule has 0 unspecified atom stereocenters. The number of hydrogen-bond acceptors (Lipinski definition) is 6. The van der Waals surface area contributed by atoms with E-state index in [-0.39, 0.29) is 0 Å². The first-order valence-corrected chi connectivity index (χ1v) is 8.20. The number of pyridine rings is 1. The maximum absolute atomic E-state index is 6.15. The number of fused-ring (bicyclic) bond motifs is 1. The van der Waals surface area contributed by atoms with Crippen LogP contribution in [0.15, 0.2) is 53.1 Å². The monoisotopic (exact) mass is 367 g/mol. The van der Waals surface area contributed by atoms with Crippen molar-refractivity contribution in [1.82, 2.24) is 15.1 Å². The molecule has 0 atom stereocenters. The van der Waals surface area contributed by atoms with E-state index in [9.17, 15) is 0 Å². The Labute approximate surface area is 154 Å². The summed E-state index contributed by atoms with van der Waals surface area (Å²) in [7, 11) is 3.15. The van der Waals surface area contributed by atoms with Crippen LogP contribution in [-0.2, 0) is 0 Å². The molecule has 0 aliphatic carbocycles. The third kappa shape index (κ3) is 2.74. The third-order valence-corrected chi connectivity index (χ3v) is 4.18. The highest BCUT2D eigenvalue weighted by atomic mass is 35.5. The van der Waals surface area contributed by atoms with Crippen LogP contribution in [0.2, 0.25) is 5.15 Å². The molecule has 7 heteroatoms. The van der Waals surface area contributed by atoms with Crippen molar-refractivity contribution in [2.75, 3.05) is 14.2 Å². The van der Waals surface area contributed by atoms with Crippen LogP contribution >= 0.6 is 11.6 Å². The first kappa shape index (κ1) is 16.4. The molecular formula is C19H14ClN3O3. The molecule has 130 valence electrons. The lowest BCUT2D eigenvalue weighted by Crippen LogP contribution is -1.94. The molecule has 0 aliphatic rings. The molecule has 2 heterocycles. The largest absolute Gasteiger partial charge is 0.493 e. The fourth-order valence-electron chi connectivity index (χ4n) is 2.83. The van der Waals surface area contributed by atoms with Crippen LogP contribution in [0, 0.1) is 0 Å². The Hall–Kier alpha value is -3.12. The number of para-hydroxylation sites is 2. The van der Waals surface area contributed by atoms with E-state index in [1.165, 1.54) is 0 Å². The van der Waals surface area contributed by atoms with E-state index in [4.69, 9.17) is 25.6 Å². The average Bonchev–Trinajstić information content (AvgIpc) is 3.16. The summed E-state index contributed by atoms with van der Waals surface area (Å²) in [6, 6.07) is 14.8. The van der Waals surface area contributed by atoms with Gasteiger partial charge in [-0.25, -0.2) is 4.98 Å². The van der Waals surface area contributed by atoms with Crippen molar-refractivity contribution in [2.24, 2.45) is 0 Å². The minimum absolute atomic E-state index is 0.352. The standard InChI is InChI=1S/C19H14ClN3O3/c1-24-15-9-5-7-12(17(15)25-2)18-22-19(26-23-18)13-10-16(20)21-14-8-4-3-6-11(13)14/h3-10H,1-2H3. The van der Waals surface area contributed by atoms with E-state index in [1.54, 1.807) is 26.4 Å². The number of benzene rings is 2. The van der Waals surface area contributed by atoms with Gasteiger partial charge in [0, 0.05) is 5.39 Å². The second kappa shape index (κ2) is 6.65. The van der Waals surface area contributed by atoms with Crippen molar-refractivity contribution in [3.05, 3.63) is 53.7 Å². The van der Waals surface area contributed by atoms with E-state index in [1.807, 2.05) is 36.4 Å². The van der Waals surface area contributed by atoms with Crippen molar-refractivity contribution in [2.45, 2.75) is 0 Å². The molecule has 0 saturated heterocycles. The van der Waals surface area contributed by atoms with Crippen LogP contribution in [-0.4, -0.2) is 29.3 Å². The molecule has 26 heavy (non-hydrogen) atoms. The Bertz CT molecular complexity index is 1090. The normalized spacial score (nSPS) is 10.9. The number of aromatic nitrogens is 3. The third-order valence-electron chi connectivity index (χ3n) is 3.99. The second-order valence-electron chi connectivity index (χ2n) is 5.47. The quantitative estimate of drug-likeness (QED) is 0.490. The zero-order chi connectivity index (χ0) is 18.1. The van der Waals surface area contributed by atoms with Crippen LogP contribution in [0.25, 0.3) is 33.7 Å². The fourth-order valence-corrected chi connectivity index (χ4v) is 3.03. The van der Waals surface area contributed by atoms with Crippen molar-refractivity contribution in [3.63, 3.8) is 0 Å². The number of ether oxygens (including phenoxy) is 2. The molecule has 0 bridgehead atoms. The molecule has 0 saturated carbocycles. The lowest BCUT2D eigenvalue weighted by molar-refractivity contribution is 0.355. The molecular weight excluding hydrogens is 354 g/mol. The van der Waals surface area contributed by atoms with Crippen LogP contribution in [0.4, 0.5) is 0 Å². The second-order valence-corrected chi connectivity index (χ2v) is 5.86. The van der Waals surface area contributed by atoms with E-state index >= 15 is 0 Å². The lowest BCUT2D eigenvalue weighted by Gasteiger charge is -2.09. The first-order valence-electron chi connectivity index (χ1n) is 7.82. The van der Waals surface area contributed by atoms with Gasteiger partial charge < -0.3 is 14.0 Å². The van der Waals surface area contributed by atoms with Crippen molar-refractivity contribution >= 4 is 22.5 Å².